The molecule has 0 saturated carbocycles. The molecule has 0 spiro atoms. The standard InChI is InChI=1S/C6H6ClN2O/c1-10-3-6-5(7)2-8-4-9-6/h4H,3H2,1H3. The normalized spacial score (nSPS) is 9.80. The number of methoxy groups -OCH3 is 1. The third kappa shape index (κ3) is 1.65. The van der Waals surface area contributed by atoms with Crippen molar-refractivity contribution in [3.8, 4) is 0 Å². The van der Waals surface area contributed by atoms with Crippen LogP contribution in [0.25, 0.3) is 0 Å². The number of ether oxygens (including phenoxy) is 1. The Bertz CT molecular complexity index is 217. The van der Waals surface area contributed by atoms with Crippen molar-refractivity contribution < 1.29 is 4.74 Å². The lowest BCUT2D eigenvalue weighted by atomic mass is 10.4. The van der Waals surface area contributed by atoms with E-state index in [1.54, 1.807) is 7.11 Å². The van der Waals surface area contributed by atoms with Gasteiger partial charge in [0.2, 0.25) is 0 Å². The van der Waals surface area contributed by atoms with Gasteiger partial charge in [-0.25, -0.2) is 9.97 Å². The zero-order valence-electron chi connectivity index (χ0n) is 5.47. The van der Waals surface area contributed by atoms with E-state index < -0.39 is 0 Å². The van der Waals surface area contributed by atoms with Gasteiger partial charge < -0.3 is 4.74 Å². The Morgan fingerprint density at radius 2 is 2.60 bits per heavy atom. The molecule has 0 aliphatic heterocycles. The molecule has 0 atom stereocenters. The molecule has 53 valence electrons. The van der Waals surface area contributed by atoms with Crippen LogP contribution in [-0.4, -0.2) is 17.1 Å². The van der Waals surface area contributed by atoms with Gasteiger partial charge >= 0.3 is 0 Å². The van der Waals surface area contributed by atoms with Crippen LogP contribution in [0.15, 0.2) is 6.33 Å². The minimum absolute atomic E-state index is 0.401. The van der Waals surface area contributed by atoms with Crippen LogP contribution in [0.2, 0.25) is 5.02 Å². The minimum Gasteiger partial charge on any atom is -0.378 e. The van der Waals surface area contributed by atoms with Gasteiger partial charge in [-0.05, 0) is 0 Å². The number of rotatable bonds is 2. The van der Waals surface area contributed by atoms with Gasteiger partial charge in [-0.2, -0.15) is 0 Å². The van der Waals surface area contributed by atoms with Crippen molar-refractivity contribution in [3.05, 3.63) is 23.2 Å². The molecule has 4 heteroatoms. The fourth-order valence-electron chi connectivity index (χ4n) is 0.543. The van der Waals surface area contributed by atoms with Crippen molar-refractivity contribution in [2.45, 2.75) is 6.61 Å². The number of aromatic nitrogens is 2. The SMILES string of the molecule is COCc1ncn[c]c1Cl. The average Bonchev–Trinajstić information content (AvgIpc) is 1.94. The first-order valence-corrected chi connectivity index (χ1v) is 3.08. The van der Waals surface area contributed by atoms with E-state index in [4.69, 9.17) is 16.3 Å². The number of hydrogen-bond acceptors (Lipinski definition) is 3. The monoisotopic (exact) mass is 157 g/mol. The molecule has 0 aliphatic carbocycles. The molecule has 0 unspecified atom stereocenters. The average molecular weight is 158 g/mol. The van der Waals surface area contributed by atoms with Gasteiger partial charge in [0.15, 0.2) is 0 Å². The summed E-state index contributed by atoms with van der Waals surface area (Å²) >= 11 is 5.64. The van der Waals surface area contributed by atoms with E-state index >= 15 is 0 Å². The van der Waals surface area contributed by atoms with Crippen molar-refractivity contribution in [1.29, 1.82) is 0 Å². The van der Waals surface area contributed by atoms with Crippen LogP contribution in [0.3, 0.4) is 0 Å². The second-order valence-corrected chi connectivity index (χ2v) is 2.06. The van der Waals surface area contributed by atoms with Gasteiger partial charge in [0.25, 0.3) is 0 Å². The molecule has 1 aromatic rings. The summed E-state index contributed by atoms with van der Waals surface area (Å²) in [7, 11) is 1.58. The molecule has 0 fully saturated rings. The van der Waals surface area contributed by atoms with E-state index in [1.807, 2.05) is 0 Å². The van der Waals surface area contributed by atoms with Crippen molar-refractivity contribution in [3.63, 3.8) is 0 Å². The van der Waals surface area contributed by atoms with E-state index in [2.05, 4.69) is 16.2 Å². The Morgan fingerprint density at radius 1 is 1.80 bits per heavy atom. The van der Waals surface area contributed by atoms with Gasteiger partial charge in [0.1, 0.15) is 12.5 Å². The van der Waals surface area contributed by atoms with E-state index in [0.29, 0.717) is 17.3 Å². The van der Waals surface area contributed by atoms with Crippen LogP contribution in [0, 0.1) is 6.20 Å². The maximum absolute atomic E-state index is 5.64. The summed E-state index contributed by atoms with van der Waals surface area (Å²) in [6.45, 7) is 0.401. The predicted octanol–water partition coefficient (Wildman–Crippen LogP) is 1.08. The summed E-state index contributed by atoms with van der Waals surface area (Å²) in [4.78, 5) is 7.47. The quantitative estimate of drug-likeness (QED) is 0.645. The van der Waals surface area contributed by atoms with Crippen LogP contribution < -0.4 is 0 Å². The largest absolute Gasteiger partial charge is 0.378 e. The first kappa shape index (κ1) is 7.44. The highest BCUT2D eigenvalue weighted by Crippen LogP contribution is 2.09. The lowest BCUT2D eigenvalue weighted by Crippen LogP contribution is -1.93. The topological polar surface area (TPSA) is 35.0 Å². The lowest BCUT2D eigenvalue weighted by Gasteiger charge is -1.97. The van der Waals surface area contributed by atoms with Crippen molar-refractivity contribution in [2.75, 3.05) is 7.11 Å². The van der Waals surface area contributed by atoms with Crippen molar-refractivity contribution in [2.24, 2.45) is 0 Å². The smallest absolute Gasteiger partial charge is 0.116 e. The molecule has 0 saturated heterocycles. The molecule has 0 aliphatic rings. The van der Waals surface area contributed by atoms with Gasteiger partial charge in [0, 0.05) is 7.11 Å². The summed E-state index contributed by atoms with van der Waals surface area (Å²) in [5.74, 6) is 0. The fourth-order valence-corrected chi connectivity index (χ4v) is 0.695. The summed E-state index contributed by atoms with van der Waals surface area (Å²) in [5, 5.41) is 0.421. The molecular weight excluding hydrogens is 152 g/mol. The zero-order chi connectivity index (χ0) is 7.40. The third-order valence-corrected chi connectivity index (χ3v) is 1.27. The van der Waals surface area contributed by atoms with Crippen LogP contribution in [-0.2, 0) is 11.3 Å². The Hall–Kier alpha value is -0.670. The highest BCUT2D eigenvalue weighted by atomic mass is 35.5. The van der Waals surface area contributed by atoms with E-state index in [0.717, 1.165) is 0 Å². The maximum Gasteiger partial charge on any atom is 0.116 e. The Balaban J connectivity index is 2.81. The van der Waals surface area contributed by atoms with Crippen LogP contribution >= 0.6 is 11.6 Å². The van der Waals surface area contributed by atoms with Crippen LogP contribution in [0.4, 0.5) is 0 Å². The second kappa shape index (κ2) is 3.49. The Kier molecular flexibility index (Phi) is 2.59. The van der Waals surface area contributed by atoms with Crippen LogP contribution in [0.5, 0.6) is 0 Å². The molecule has 10 heavy (non-hydrogen) atoms. The van der Waals surface area contributed by atoms with Crippen molar-refractivity contribution >= 4 is 11.6 Å². The molecule has 0 aromatic carbocycles. The molecule has 1 heterocycles. The lowest BCUT2D eigenvalue weighted by molar-refractivity contribution is 0.181. The van der Waals surface area contributed by atoms with Gasteiger partial charge in [-0.1, -0.05) is 11.6 Å². The summed E-state index contributed by atoms with van der Waals surface area (Å²) < 4.78 is 4.81. The first-order valence-electron chi connectivity index (χ1n) is 2.70. The number of nitrogens with zero attached hydrogens (tertiary/aromatic N) is 2. The van der Waals surface area contributed by atoms with Gasteiger partial charge in [-0.3, -0.25) is 0 Å². The molecule has 1 rings (SSSR count). The molecule has 0 amide bonds. The molecule has 1 aromatic heterocycles. The fraction of sp³-hybridized carbons (Fsp3) is 0.333. The molecule has 1 radical (unpaired) electrons. The first-order chi connectivity index (χ1) is 4.84. The van der Waals surface area contributed by atoms with E-state index in [1.165, 1.54) is 6.33 Å². The number of halogens is 1. The second-order valence-electron chi connectivity index (χ2n) is 1.68. The Morgan fingerprint density at radius 3 is 3.20 bits per heavy atom. The predicted molar refractivity (Wildman–Crippen MR) is 36.6 cm³/mol. The van der Waals surface area contributed by atoms with Gasteiger partial charge in [-0.15, -0.1) is 0 Å². The summed E-state index contributed by atoms with van der Waals surface area (Å²) in [5.41, 5.74) is 0.666. The molecule has 0 N–H and O–H groups in total. The molecule has 3 nitrogen and oxygen atoms in total. The maximum atomic E-state index is 5.64. The zero-order valence-corrected chi connectivity index (χ0v) is 6.22. The number of hydrogen-bond donors (Lipinski definition) is 0. The minimum atomic E-state index is 0.401. The van der Waals surface area contributed by atoms with E-state index in [9.17, 15) is 0 Å². The highest BCUT2D eigenvalue weighted by Gasteiger charge is 1.98. The Labute approximate surface area is 64.0 Å². The summed E-state index contributed by atoms with van der Waals surface area (Å²) in [6.07, 6.45) is 3.95. The molecular formula is C6H6ClN2O. The highest BCUT2D eigenvalue weighted by molar-refractivity contribution is 6.30. The van der Waals surface area contributed by atoms with Crippen LogP contribution in [0.1, 0.15) is 5.69 Å². The van der Waals surface area contributed by atoms with Gasteiger partial charge in [0.05, 0.1) is 17.3 Å². The van der Waals surface area contributed by atoms with Crippen molar-refractivity contribution in [1.82, 2.24) is 9.97 Å². The summed E-state index contributed by atoms with van der Waals surface area (Å²) in [6, 6.07) is 0. The third-order valence-electron chi connectivity index (χ3n) is 0.968. The van der Waals surface area contributed by atoms with E-state index in [-0.39, 0.29) is 0 Å². The molecule has 0 bridgehead atoms.